The molecule has 1 heterocycles. The van der Waals surface area contributed by atoms with Crippen LogP contribution in [0, 0.1) is 0 Å². The fraction of sp³-hybridized carbons (Fsp3) is 0.0769. The lowest BCUT2D eigenvalue weighted by Gasteiger charge is -2.06. The van der Waals surface area contributed by atoms with Crippen LogP contribution in [0.5, 0.6) is 17.2 Å². The Labute approximate surface area is 106 Å². The molecule has 3 rings (SSSR count). The number of halogens is 1. The lowest BCUT2D eigenvalue weighted by Crippen LogP contribution is -1.95. The number of rotatable bonds is 0. The van der Waals surface area contributed by atoms with Crippen molar-refractivity contribution in [1.29, 1.82) is 0 Å². The minimum absolute atomic E-state index is 0. The summed E-state index contributed by atoms with van der Waals surface area (Å²) in [6, 6.07) is 13.2. The van der Waals surface area contributed by atoms with Gasteiger partial charge in [0, 0.05) is 11.3 Å². The summed E-state index contributed by atoms with van der Waals surface area (Å²) in [7, 11) is 0. The zero-order chi connectivity index (χ0) is 11.0. The highest BCUT2D eigenvalue weighted by Crippen LogP contribution is 2.37. The summed E-state index contributed by atoms with van der Waals surface area (Å²) >= 11 is 0. The Hall–Kier alpha value is -1.87. The second-order valence-electron chi connectivity index (χ2n) is 3.70. The summed E-state index contributed by atoms with van der Waals surface area (Å²) in [6.45, 7) is 0.484. The Kier molecular flexibility index (Phi) is 3.11. The molecule has 88 valence electrons. The van der Waals surface area contributed by atoms with Crippen LogP contribution in [0.2, 0.25) is 0 Å². The smallest absolute Gasteiger partial charge is 0.169 e. The Balaban J connectivity index is 0.00000108. The van der Waals surface area contributed by atoms with Crippen LogP contribution in [-0.2, 0) is 6.61 Å². The zero-order valence-corrected chi connectivity index (χ0v) is 9.87. The van der Waals surface area contributed by atoms with Crippen molar-refractivity contribution in [1.82, 2.24) is 0 Å². The number of anilines is 1. The number of para-hydroxylation sites is 2. The molecule has 0 fully saturated rings. The maximum atomic E-state index is 5.78. The van der Waals surface area contributed by atoms with Gasteiger partial charge in [0.25, 0.3) is 0 Å². The Morgan fingerprint density at radius 2 is 1.71 bits per heavy atom. The zero-order valence-electron chi connectivity index (χ0n) is 9.05. The van der Waals surface area contributed by atoms with E-state index in [4.69, 9.17) is 15.2 Å². The molecule has 0 saturated carbocycles. The van der Waals surface area contributed by atoms with E-state index in [2.05, 4.69) is 0 Å². The van der Waals surface area contributed by atoms with Crippen LogP contribution >= 0.6 is 12.4 Å². The molecule has 0 unspecified atom stereocenters. The predicted octanol–water partition coefficient (Wildman–Crippen LogP) is 3.38. The van der Waals surface area contributed by atoms with Crippen LogP contribution < -0.4 is 15.2 Å². The highest BCUT2D eigenvalue weighted by atomic mass is 35.5. The SMILES string of the molecule is Cl.Nc1ccc2c(c1)COc1ccccc1O2. The Morgan fingerprint density at radius 1 is 0.941 bits per heavy atom. The van der Waals surface area contributed by atoms with Crippen molar-refractivity contribution >= 4 is 18.1 Å². The lowest BCUT2D eigenvalue weighted by molar-refractivity contribution is 0.307. The van der Waals surface area contributed by atoms with Gasteiger partial charge in [-0.05, 0) is 30.3 Å². The van der Waals surface area contributed by atoms with E-state index in [1.165, 1.54) is 0 Å². The maximum Gasteiger partial charge on any atom is 0.169 e. The molecule has 0 radical (unpaired) electrons. The molecule has 2 N–H and O–H groups in total. The molecule has 1 aliphatic rings. The average molecular weight is 250 g/mol. The number of fused-ring (bicyclic) bond motifs is 2. The molecule has 17 heavy (non-hydrogen) atoms. The van der Waals surface area contributed by atoms with Crippen LogP contribution in [0.4, 0.5) is 5.69 Å². The molecule has 0 saturated heterocycles. The van der Waals surface area contributed by atoms with Gasteiger partial charge < -0.3 is 15.2 Å². The topological polar surface area (TPSA) is 44.5 Å². The maximum absolute atomic E-state index is 5.78. The first-order valence-electron chi connectivity index (χ1n) is 5.11. The van der Waals surface area contributed by atoms with E-state index in [1.807, 2.05) is 42.5 Å². The summed E-state index contributed by atoms with van der Waals surface area (Å²) in [5, 5.41) is 0. The largest absolute Gasteiger partial charge is 0.485 e. The number of ether oxygens (including phenoxy) is 2. The van der Waals surface area contributed by atoms with Gasteiger partial charge >= 0.3 is 0 Å². The molecule has 0 bridgehead atoms. The monoisotopic (exact) mass is 249 g/mol. The quantitative estimate of drug-likeness (QED) is 0.728. The molecule has 0 aromatic heterocycles. The molecule has 2 aromatic rings. The van der Waals surface area contributed by atoms with E-state index in [9.17, 15) is 0 Å². The third kappa shape index (κ3) is 2.15. The third-order valence-electron chi connectivity index (χ3n) is 2.54. The van der Waals surface area contributed by atoms with Crippen molar-refractivity contribution in [2.45, 2.75) is 6.61 Å². The molecule has 0 atom stereocenters. The number of hydrogen-bond acceptors (Lipinski definition) is 3. The van der Waals surface area contributed by atoms with Crippen molar-refractivity contribution < 1.29 is 9.47 Å². The van der Waals surface area contributed by atoms with E-state index >= 15 is 0 Å². The summed E-state index contributed by atoms with van der Waals surface area (Å²) < 4.78 is 11.4. The molecular formula is C13H12ClNO2. The van der Waals surface area contributed by atoms with E-state index in [0.717, 1.165) is 28.5 Å². The van der Waals surface area contributed by atoms with E-state index < -0.39 is 0 Å². The normalized spacial score (nSPS) is 12.0. The number of benzene rings is 2. The molecule has 2 aromatic carbocycles. The van der Waals surface area contributed by atoms with E-state index in [0.29, 0.717) is 6.61 Å². The average Bonchev–Trinajstić information content (AvgIpc) is 2.48. The fourth-order valence-electron chi connectivity index (χ4n) is 1.74. The molecule has 1 aliphatic heterocycles. The second kappa shape index (κ2) is 4.55. The Bertz CT molecular complexity index is 543. The van der Waals surface area contributed by atoms with Gasteiger partial charge in [-0.15, -0.1) is 12.4 Å². The highest BCUT2D eigenvalue weighted by molar-refractivity contribution is 5.85. The van der Waals surface area contributed by atoms with Crippen molar-refractivity contribution in [3.05, 3.63) is 48.0 Å². The van der Waals surface area contributed by atoms with Gasteiger partial charge in [-0.1, -0.05) is 12.1 Å². The van der Waals surface area contributed by atoms with Gasteiger partial charge in [-0.25, -0.2) is 0 Å². The highest BCUT2D eigenvalue weighted by Gasteiger charge is 2.14. The number of nitrogen functional groups attached to an aromatic ring is 1. The van der Waals surface area contributed by atoms with Gasteiger partial charge in [-0.3, -0.25) is 0 Å². The van der Waals surface area contributed by atoms with Crippen LogP contribution in [0.25, 0.3) is 0 Å². The minimum atomic E-state index is 0. The van der Waals surface area contributed by atoms with Crippen LogP contribution in [0.1, 0.15) is 5.56 Å². The summed E-state index contributed by atoms with van der Waals surface area (Å²) in [4.78, 5) is 0. The van der Waals surface area contributed by atoms with Crippen molar-refractivity contribution in [2.24, 2.45) is 0 Å². The van der Waals surface area contributed by atoms with Crippen molar-refractivity contribution in [3.8, 4) is 17.2 Å². The fourth-order valence-corrected chi connectivity index (χ4v) is 1.74. The molecule has 4 heteroatoms. The first-order valence-corrected chi connectivity index (χ1v) is 5.11. The van der Waals surface area contributed by atoms with Gasteiger partial charge in [0.1, 0.15) is 12.4 Å². The lowest BCUT2D eigenvalue weighted by atomic mass is 10.2. The van der Waals surface area contributed by atoms with E-state index in [1.54, 1.807) is 0 Å². The van der Waals surface area contributed by atoms with Crippen LogP contribution in [-0.4, -0.2) is 0 Å². The predicted molar refractivity (Wildman–Crippen MR) is 69.0 cm³/mol. The summed E-state index contributed by atoms with van der Waals surface area (Å²) in [6.07, 6.45) is 0. The van der Waals surface area contributed by atoms with E-state index in [-0.39, 0.29) is 12.4 Å². The van der Waals surface area contributed by atoms with Crippen LogP contribution in [0.15, 0.2) is 42.5 Å². The molecule has 0 aliphatic carbocycles. The van der Waals surface area contributed by atoms with Crippen molar-refractivity contribution in [2.75, 3.05) is 5.73 Å². The number of nitrogens with two attached hydrogens (primary N) is 1. The van der Waals surface area contributed by atoms with Crippen LogP contribution in [0.3, 0.4) is 0 Å². The first-order chi connectivity index (χ1) is 7.83. The molecule has 0 spiro atoms. The summed E-state index contributed by atoms with van der Waals surface area (Å²) in [5.74, 6) is 2.31. The number of hydrogen-bond donors (Lipinski definition) is 1. The third-order valence-corrected chi connectivity index (χ3v) is 2.54. The summed E-state index contributed by atoms with van der Waals surface area (Å²) in [5.41, 5.74) is 7.41. The van der Waals surface area contributed by atoms with Gasteiger partial charge in [-0.2, -0.15) is 0 Å². The second-order valence-corrected chi connectivity index (χ2v) is 3.70. The minimum Gasteiger partial charge on any atom is -0.485 e. The van der Waals surface area contributed by atoms with Gasteiger partial charge in [0.15, 0.2) is 11.5 Å². The Morgan fingerprint density at radius 3 is 2.53 bits per heavy atom. The standard InChI is InChI=1S/C13H11NO2.ClH/c14-10-5-6-11-9(7-10)8-15-12-3-1-2-4-13(12)16-11;/h1-7H,8,14H2;1H. The molecule has 3 nitrogen and oxygen atoms in total. The first kappa shape index (κ1) is 11.6. The van der Waals surface area contributed by atoms with Crippen molar-refractivity contribution in [3.63, 3.8) is 0 Å². The van der Waals surface area contributed by atoms with Gasteiger partial charge in [0.2, 0.25) is 0 Å². The molecule has 0 amide bonds. The van der Waals surface area contributed by atoms with Gasteiger partial charge in [0.05, 0.1) is 0 Å². The molecular weight excluding hydrogens is 238 g/mol.